The molecule has 0 aromatic heterocycles. The molecule has 1 saturated carbocycles. The summed E-state index contributed by atoms with van der Waals surface area (Å²) in [6, 6.07) is 11.2. The molecule has 0 spiro atoms. The predicted octanol–water partition coefficient (Wildman–Crippen LogP) is 2.89. The fourth-order valence-corrected chi connectivity index (χ4v) is 3.25. The van der Waals surface area contributed by atoms with Gasteiger partial charge in [0.05, 0.1) is 13.1 Å². The Labute approximate surface area is 162 Å². The number of nitrogens with zero attached hydrogens (tertiary/aromatic N) is 1. The SMILES string of the molecule is O=C(CN(Cc1ccc(F)cc1F)C1CC1)NCC1COc2ccccc2O1. The zero-order valence-electron chi connectivity index (χ0n) is 15.4. The highest BCUT2D eigenvalue weighted by Gasteiger charge is 2.31. The van der Waals surface area contributed by atoms with Gasteiger partial charge in [0.25, 0.3) is 0 Å². The van der Waals surface area contributed by atoms with Gasteiger partial charge in [0.1, 0.15) is 24.3 Å². The number of ether oxygens (including phenoxy) is 2. The number of hydrogen-bond donors (Lipinski definition) is 1. The lowest BCUT2D eigenvalue weighted by atomic mass is 10.2. The van der Waals surface area contributed by atoms with E-state index in [0.29, 0.717) is 30.2 Å². The molecule has 1 amide bonds. The summed E-state index contributed by atoms with van der Waals surface area (Å²) in [5.41, 5.74) is 0.390. The number of nitrogens with one attached hydrogen (secondary N) is 1. The highest BCUT2D eigenvalue weighted by Crippen LogP contribution is 2.31. The zero-order chi connectivity index (χ0) is 19.5. The lowest BCUT2D eigenvalue weighted by Crippen LogP contribution is -2.44. The Balaban J connectivity index is 1.29. The molecule has 1 unspecified atom stereocenters. The molecular weight excluding hydrogens is 366 g/mol. The van der Waals surface area contributed by atoms with Gasteiger partial charge in [-0.2, -0.15) is 0 Å². The number of carbonyl (C=O) groups is 1. The van der Waals surface area contributed by atoms with E-state index in [4.69, 9.17) is 9.47 Å². The fraction of sp³-hybridized carbons (Fsp3) is 0.381. The quantitative estimate of drug-likeness (QED) is 0.793. The Kier molecular flexibility index (Phi) is 5.43. The molecule has 1 N–H and O–H groups in total. The van der Waals surface area contributed by atoms with Gasteiger partial charge in [0.2, 0.25) is 5.91 Å². The van der Waals surface area contributed by atoms with Crippen molar-refractivity contribution in [3.8, 4) is 11.5 Å². The van der Waals surface area contributed by atoms with Gasteiger partial charge in [-0.25, -0.2) is 8.78 Å². The van der Waals surface area contributed by atoms with Gasteiger partial charge in [-0.05, 0) is 31.0 Å². The first-order valence-corrected chi connectivity index (χ1v) is 9.41. The third-order valence-corrected chi connectivity index (χ3v) is 4.89. The number of halogens is 2. The maximum absolute atomic E-state index is 13.9. The van der Waals surface area contributed by atoms with Crippen LogP contribution in [-0.2, 0) is 11.3 Å². The molecule has 0 radical (unpaired) electrons. The fourth-order valence-electron chi connectivity index (χ4n) is 3.25. The van der Waals surface area contributed by atoms with Gasteiger partial charge < -0.3 is 14.8 Å². The number of para-hydroxylation sites is 2. The van der Waals surface area contributed by atoms with Gasteiger partial charge >= 0.3 is 0 Å². The van der Waals surface area contributed by atoms with Crippen LogP contribution >= 0.6 is 0 Å². The van der Waals surface area contributed by atoms with Crippen LogP contribution in [0.1, 0.15) is 18.4 Å². The van der Waals surface area contributed by atoms with Crippen LogP contribution < -0.4 is 14.8 Å². The summed E-state index contributed by atoms with van der Waals surface area (Å²) in [5.74, 6) is 0.0216. The van der Waals surface area contributed by atoms with Crippen molar-refractivity contribution in [3.63, 3.8) is 0 Å². The van der Waals surface area contributed by atoms with E-state index in [1.165, 1.54) is 12.1 Å². The zero-order valence-corrected chi connectivity index (χ0v) is 15.4. The molecule has 4 rings (SSSR count). The van der Waals surface area contributed by atoms with E-state index in [1.54, 1.807) is 0 Å². The minimum Gasteiger partial charge on any atom is -0.486 e. The molecule has 1 heterocycles. The molecule has 5 nitrogen and oxygen atoms in total. The van der Waals surface area contributed by atoms with Crippen LogP contribution in [0.5, 0.6) is 11.5 Å². The molecule has 1 fully saturated rings. The van der Waals surface area contributed by atoms with E-state index < -0.39 is 11.6 Å². The Morgan fingerprint density at radius 2 is 1.93 bits per heavy atom. The normalized spacial score (nSPS) is 18.2. The van der Waals surface area contributed by atoms with Crippen LogP contribution in [-0.4, -0.2) is 42.6 Å². The number of rotatable bonds is 7. The molecule has 148 valence electrons. The number of amides is 1. The monoisotopic (exact) mass is 388 g/mol. The highest BCUT2D eigenvalue weighted by molar-refractivity contribution is 5.78. The van der Waals surface area contributed by atoms with Gasteiger partial charge in [0.15, 0.2) is 11.5 Å². The smallest absolute Gasteiger partial charge is 0.234 e. The molecular formula is C21H22F2N2O3. The van der Waals surface area contributed by atoms with Crippen molar-refractivity contribution in [3.05, 3.63) is 59.7 Å². The minimum atomic E-state index is -0.603. The maximum atomic E-state index is 13.9. The van der Waals surface area contributed by atoms with Crippen molar-refractivity contribution in [1.29, 1.82) is 0 Å². The van der Waals surface area contributed by atoms with Crippen LogP contribution in [0.25, 0.3) is 0 Å². The number of benzene rings is 2. The average Bonchev–Trinajstić information content (AvgIpc) is 3.53. The Morgan fingerprint density at radius 3 is 2.68 bits per heavy atom. The van der Waals surface area contributed by atoms with Crippen LogP contribution in [0.4, 0.5) is 8.78 Å². The second kappa shape index (κ2) is 8.14. The second-order valence-electron chi connectivity index (χ2n) is 7.17. The van der Waals surface area contributed by atoms with Crippen molar-refractivity contribution in [2.45, 2.75) is 31.5 Å². The van der Waals surface area contributed by atoms with Crippen molar-refractivity contribution < 1.29 is 23.0 Å². The molecule has 28 heavy (non-hydrogen) atoms. The predicted molar refractivity (Wildman–Crippen MR) is 99.2 cm³/mol. The summed E-state index contributed by atoms with van der Waals surface area (Å²) < 4.78 is 38.5. The van der Waals surface area contributed by atoms with Crippen molar-refractivity contribution in [1.82, 2.24) is 10.2 Å². The molecule has 0 saturated heterocycles. The summed E-state index contributed by atoms with van der Waals surface area (Å²) in [4.78, 5) is 14.3. The van der Waals surface area contributed by atoms with E-state index in [-0.39, 0.29) is 31.1 Å². The van der Waals surface area contributed by atoms with Gasteiger partial charge in [-0.3, -0.25) is 9.69 Å². The number of fused-ring (bicyclic) bond motifs is 1. The van der Waals surface area contributed by atoms with Gasteiger partial charge in [0, 0.05) is 24.2 Å². The van der Waals surface area contributed by atoms with Crippen molar-refractivity contribution in [2.24, 2.45) is 0 Å². The van der Waals surface area contributed by atoms with E-state index >= 15 is 0 Å². The van der Waals surface area contributed by atoms with Crippen molar-refractivity contribution >= 4 is 5.91 Å². The molecule has 2 aromatic rings. The standard InChI is InChI=1S/C21H22F2N2O3/c22-15-6-5-14(18(23)9-15)11-25(16-7-8-16)12-21(26)24-10-17-13-27-19-3-1-2-4-20(19)28-17/h1-6,9,16-17H,7-8,10-13H2,(H,24,26). The minimum absolute atomic E-state index is 0.156. The first kappa shape index (κ1) is 18.7. The molecule has 0 bridgehead atoms. The van der Waals surface area contributed by atoms with Crippen molar-refractivity contribution in [2.75, 3.05) is 19.7 Å². The Hall–Kier alpha value is -2.67. The summed E-state index contributed by atoms with van der Waals surface area (Å²) in [7, 11) is 0. The van der Waals surface area contributed by atoms with Crippen LogP contribution in [0, 0.1) is 11.6 Å². The van der Waals surface area contributed by atoms with E-state index in [9.17, 15) is 13.6 Å². The lowest BCUT2D eigenvalue weighted by molar-refractivity contribution is -0.123. The summed E-state index contributed by atoms with van der Waals surface area (Å²) in [6.07, 6.45) is 1.70. The molecule has 7 heteroatoms. The summed E-state index contributed by atoms with van der Waals surface area (Å²) >= 11 is 0. The van der Waals surface area contributed by atoms with Crippen LogP contribution in [0.2, 0.25) is 0 Å². The third kappa shape index (κ3) is 4.59. The first-order valence-electron chi connectivity index (χ1n) is 9.41. The molecule has 1 aliphatic heterocycles. The van der Waals surface area contributed by atoms with Crippen LogP contribution in [0.15, 0.2) is 42.5 Å². The van der Waals surface area contributed by atoms with Gasteiger partial charge in [-0.1, -0.05) is 18.2 Å². The molecule has 2 aliphatic rings. The summed E-state index contributed by atoms with van der Waals surface area (Å²) in [6.45, 7) is 1.13. The maximum Gasteiger partial charge on any atom is 0.234 e. The highest BCUT2D eigenvalue weighted by atomic mass is 19.1. The summed E-state index contributed by atoms with van der Waals surface area (Å²) in [5, 5.41) is 2.87. The Bertz CT molecular complexity index is 857. The van der Waals surface area contributed by atoms with Gasteiger partial charge in [-0.15, -0.1) is 0 Å². The molecule has 2 aromatic carbocycles. The van der Waals surface area contributed by atoms with E-state index in [1.807, 2.05) is 29.2 Å². The largest absolute Gasteiger partial charge is 0.486 e. The Morgan fingerprint density at radius 1 is 1.14 bits per heavy atom. The number of carbonyl (C=O) groups excluding carboxylic acids is 1. The van der Waals surface area contributed by atoms with E-state index in [0.717, 1.165) is 18.9 Å². The third-order valence-electron chi connectivity index (χ3n) is 4.89. The first-order chi connectivity index (χ1) is 13.6. The second-order valence-corrected chi connectivity index (χ2v) is 7.17. The average molecular weight is 388 g/mol. The number of hydrogen-bond acceptors (Lipinski definition) is 4. The lowest BCUT2D eigenvalue weighted by Gasteiger charge is -2.27. The van der Waals surface area contributed by atoms with E-state index in [2.05, 4.69) is 5.32 Å². The topological polar surface area (TPSA) is 50.8 Å². The molecule has 1 aliphatic carbocycles. The van der Waals surface area contributed by atoms with Crippen LogP contribution in [0.3, 0.4) is 0 Å². The molecule has 1 atom stereocenters.